The third-order valence-corrected chi connectivity index (χ3v) is 3.43. The second kappa shape index (κ2) is 7.59. The number of carbonyl (C=O) groups excluding carboxylic acids is 1. The lowest BCUT2D eigenvalue weighted by atomic mass is 10.1. The molecule has 0 fully saturated rings. The fourth-order valence-electron chi connectivity index (χ4n) is 2.18. The van der Waals surface area contributed by atoms with Gasteiger partial charge in [0, 0.05) is 5.69 Å². The average Bonchev–Trinajstić information content (AvgIpc) is 2.54. The number of benzene rings is 2. The number of para-hydroxylation sites is 2. The molecule has 0 radical (unpaired) electrons. The Morgan fingerprint density at radius 3 is 2.50 bits per heavy atom. The molecule has 1 amide bonds. The second-order valence-electron chi connectivity index (χ2n) is 4.95. The highest BCUT2D eigenvalue weighted by atomic mass is 19.1. The van der Waals surface area contributed by atoms with Gasteiger partial charge >= 0.3 is 0 Å². The molecule has 0 aliphatic carbocycles. The molecule has 1 unspecified atom stereocenters. The average molecular weight is 301 g/mol. The Morgan fingerprint density at radius 2 is 1.82 bits per heavy atom. The first-order valence-corrected chi connectivity index (χ1v) is 7.45. The van der Waals surface area contributed by atoms with Gasteiger partial charge in [-0.15, -0.1) is 0 Å². The van der Waals surface area contributed by atoms with Gasteiger partial charge in [-0.05, 0) is 36.6 Å². The van der Waals surface area contributed by atoms with E-state index < -0.39 is 11.9 Å². The molecule has 116 valence electrons. The quantitative estimate of drug-likeness (QED) is 0.869. The minimum Gasteiger partial charge on any atom is -0.478 e. The molecule has 1 atom stereocenters. The number of rotatable bonds is 6. The maximum atomic E-state index is 13.6. The van der Waals surface area contributed by atoms with E-state index in [0.717, 1.165) is 17.7 Å². The Kier molecular flexibility index (Phi) is 5.53. The third kappa shape index (κ3) is 3.85. The lowest BCUT2D eigenvalue weighted by Crippen LogP contribution is -2.32. The molecule has 2 aromatic rings. The molecule has 0 aliphatic heterocycles. The van der Waals surface area contributed by atoms with Crippen LogP contribution < -0.4 is 10.1 Å². The Balaban J connectivity index is 2.11. The zero-order chi connectivity index (χ0) is 15.9. The molecule has 0 heterocycles. The van der Waals surface area contributed by atoms with E-state index in [4.69, 9.17) is 4.74 Å². The lowest BCUT2D eigenvalue weighted by Gasteiger charge is -2.18. The van der Waals surface area contributed by atoms with Gasteiger partial charge in [-0.3, -0.25) is 4.79 Å². The summed E-state index contributed by atoms with van der Waals surface area (Å²) in [7, 11) is 0. The van der Waals surface area contributed by atoms with Gasteiger partial charge in [-0.2, -0.15) is 0 Å². The molecule has 22 heavy (non-hydrogen) atoms. The van der Waals surface area contributed by atoms with Crippen molar-refractivity contribution in [2.75, 3.05) is 5.32 Å². The van der Waals surface area contributed by atoms with Gasteiger partial charge in [0.25, 0.3) is 5.91 Å². The number of anilines is 1. The summed E-state index contributed by atoms with van der Waals surface area (Å²) < 4.78 is 19.2. The first kappa shape index (κ1) is 16.0. The largest absolute Gasteiger partial charge is 0.478 e. The van der Waals surface area contributed by atoms with Crippen molar-refractivity contribution >= 4 is 11.6 Å². The van der Waals surface area contributed by atoms with Gasteiger partial charge in [0.05, 0.1) is 0 Å². The Bertz CT molecular complexity index is 642. The predicted molar refractivity (Wildman–Crippen MR) is 85.6 cm³/mol. The van der Waals surface area contributed by atoms with Crippen LogP contribution in [0.3, 0.4) is 0 Å². The van der Waals surface area contributed by atoms with Crippen LogP contribution in [0, 0.1) is 5.82 Å². The smallest absolute Gasteiger partial charge is 0.265 e. The lowest BCUT2D eigenvalue weighted by molar-refractivity contribution is -0.122. The second-order valence-corrected chi connectivity index (χ2v) is 4.95. The van der Waals surface area contributed by atoms with Crippen molar-refractivity contribution in [3.63, 3.8) is 0 Å². The first-order chi connectivity index (χ1) is 10.7. The van der Waals surface area contributed by atoms with Crippen LogP contribution in [0.1, 0.15) is 25.8 Å². The molecule has 0 saturated heterocycles. The summed E-state index contributed by atoms with van der Waals surface area (Å²) in [6.07, 6.45) is 0.539. The van der Waals surface area contributed by atoms with Crippen molar-refractivity contribution in [2.45, 2.75) is 32.8 Å². The molecule has 0 saturated carbocycles. The molecule has 0 spiro atoms. The number of hydrogen-bond donors (Lipinski definition) is 1. The van der Waals surface area contributed by atoms with Crippen molar-refractivity contribution in [1.82, 2.24) is 0 Å². The van der Waals surface area contributed by atoms with Gasteiger partial charge in [-0.25, -0.2) is 4.39 Å². The summed E-state index contributed by atoms with van der Waals surface area (Å²) in [5, 5.41) is 2.87. The Hall–Kier alpha value is -2.36. The van der Waals surface area contributed by atoms with Crippen LogP contribution in [-0.4, -0.2) is 12.0 Å². The van der Waals surface area contributed by atoms with Crippen molar-refractivity contribution in [3.05, 3.63) is 59.9 Å². The molecule has 4 heteroatoms. The van der Waals surface area contributed by atoms with Gasteiger partial charge in [-0.1, -0.05) is 44.2 Å². The Morgan fingerprint density at radius 1 is 1.14 bits per heavy atom. The van der Waals surface area contributed by atoms with Crippen LogP contribution in [0.4, 0.5) is 10.1 Å². The summed E-state index contributed by atoms with van der Waals surface area (Å²) in [5.74, 6) is -0.650. The van der Waals surface area contributed by atoms with E-state index >= 15 is 0 Å². The molecule has 1 N–H and O–H groups in total. The number of hydrogen-bond acceptors (Lipinski definition) is 2. The van der Waals surface area contributed by atoms with Crippen LogP contribution in [0.25, 0.3) is 0 Å². The first-order valence-electron chi connectivity index (χ1n) is 7.45. The highest BCUT2D eigenvalue weighted by molar-refractivity contribution is 5.95. The molecular weight excluding hydrogens is 281 g/mol. The normalized spacial score (nSPS) is 11.8. The molecule has 0 bridgehead atoms. The monoisotopic (exact) mass is 301 g/mol. The fraction of sp³-hybridized carbons (Fsp3) is 0.278. The molecular formula is C18H20FNO2. The van der Waals surface area contributed by atoms with Crippen LogP contribution in [0.2, 0.25) is 0 Å². The molecule has 3 nitrogen and oxygen atoms in total. The maximum Gasteiger partial charge on any atom is 0.265 e. The number of amides is 1. The highest BCUT2D eigenvalue weighted by Crippen LogP contribution is 2.20. The minimum absolute atomic E-state index is 0.0910. The van der Waals surface area contributed by atoms with E-state index in [2.05, 4.69) is 5.32 Å². The third-order valence-electron chi connectivity index (χ3n) is 3.43. The van der Waals surface area contributed by atoms with E-state index in [9.17, 15) is 9.18 Å². The molecule has 0 aliphatic rings. The van der Waals surface area contributed by atoms with Crippen molar-refractivity contribution in [2.24, 2.45) is 0 Å². The summed E-state index contributed by atoms with van der Waals surface area (Å²) in [6.45, 7) is 3.86. The Labute approximate surface area is 130 Å². The predicted octanol–water partition coefficient (Wildman–Crippen LogP) is 4.18. The number of nitrogens with one attached hydrogen (secondary N) is 1. The zero-order valence-corrected chi connectivity index (χ0v) is 12.8. The number of ether oxygens (including phenoxy) is 1. The summed E-state index contributed by atoms with van der Waals surface area (Å²) >= 11 is 0. The summed E-state index contributed by atoms with van der Waals surface area (Å²) in [6, 6.07) is 13.7. The van der Waals surface area contributed by atoms with Gasteiger partial charge in [0.15, 0.2) is 17.7 Å². The zero-order valence-electron chi connectivity index (χ0n) is 12.8. The molecule has 2 aromatic carbocycles. The van der Waals surface area contributed by atoms with Crippen LogP contribution in [0.5, 0.6) is 5.75 Å². The standard InChI is InChI=1S/C18H20FNO2/c1-3-13-9-5-7-11-15(13)20-18(21)16(4-2)22-17-12-8-6-10-14(17)19/h5-12,16H,3-4H2,1-2H3,(H,20,21). The SMILES string of the molecule is CCc1ccccc1NC(=O)C(CC)Oc1ccccc1F. The minimum atomic E-state index is -0.734. The number of halogens is 1. The van der Waals surface area contributed by atoms with Crippen LogP contribution in [0.15, 0.2) is 48.5 Å². The molecule has 0 aromatic heterocycles. The van der Waals surface area contributed by atoms with E-state index in [-0.39, 0.29) is 11.7 Å². The van der Waals surface area contributed by atoms with Crippen molar-refractivity contribution in [1.29, 1.82) is 0 Å². The van der Waals surface area contributed by atoms with E-state index in [1.165, 1.54) is 12.1 Å². The van der Waals surface area contributed by atoms with Crippen LogP contribution in [-0.2, 0) is 11.2 Å². The highest BCUT2D eigenvalue weighted by Gasteiger charge is 2.20. The van der Waals surface area contributed by atoms with Gasteiger partial charge in [0.1, 0.15) is 0 Å². The van der Waals surface area contributed by atoms with E-state index in [1.54, 1.807) is 12.1 Å². The summed E-state index contributed by atoms with van der Waals surface area (Å²) in [5.41, 5.74) is 1.82. The topological polar surface area (TPSA) is 38.3 Å². The molecule has 2 rings (SSSR count). The van der Waals surface area contributed by atoms with Crippen molar-refractivity contribution < 1.29 is 13.9 Å². The maximum absolute atomic E-state index is 13.6. The number of carbonyl (C=O) groups is 1. The fourth-order valence-corrected chi connectivity index (χ4v) is 2.18. The van der Waals surface area contributed by atoms with Crippen LogP contribution >= 0.6 is 0 Å². The van der Waals surface area contributed by atoms with Crippen molar-refractivity contribution in [3.8, 4) is 5.75 Å². The van der Waals surface area contributed by atoms with E-state index in [0.29, 0.717) is 6.42 Å². The van der Waals surface area contributed by atoms with Gasteiger partial charge < -0.3 is 10.1 Å². The van der Waals surface area contributed by atoms with E-state index in [1.807, 2.05) is 38.1 Å². The summed E-state index contributed by atoms with van der Waals surface area (Å²) in [4.78, 5) is 12.4. The van der Waals surface area contributed by atoms with Gasteiger partial charge in [0.2, 0.25) is 0 Å². The number of aryl methyl sites for hydroxylation is 1.